The van der Waals surface area contributed by atoms with Crippen LogP contribution in [0.25, 0.3) is 28.1 Å². The minimum absolute atomic E-state index is 0.139. The monoisotopic (exact) mass is 473 g/mol. The summed E-state index contributed by atoms with van der Waals surface area (Å²) in [6.45, 7) is 0.781. The number of hydrogen-bond donors (Lipinski definition) is 0. The molecule has 0 N–H and O–H groups in total. The lowest BCUT2D eigenvalue weighted by Crippen LogP contribution is -2.25. The van der Waals surface area contributed by atoms with E-state index in [0.29, 0.717) is 29.2 Å². The van der Waals surface area contributed by atoms with Gasteiger partial charge in [-0.05, 0) is 37.1 Å². The molecule has 0 aliphatic carbocycles. The van der Waals surface area contributed by atoms with Crippen LogP contribution >= 0.6 is 11.6 Å². The van der Waals surface area contributed by atoms with E-state index in [-0.39, 0.29) is 45.8 Å². The molecule has 0 saturated carbocycles. The van der Waals surface area contributed by atoms with Gasteiger partial charge in [0.15, 0.2) is 0 Å². The molecule has 1 aromatic carbocycles. The summed E-state index contributed by atoms with van der Waals surface area (Å²) in [5.41, 5.74) is 2.00. The lowest BCUT2D eigenvalue weighted by atomic mass is 10.1. The Kier molecular flexibility index (Phi) is 4.86. The van der Waals surface area contributed by atoms with E-state index in [1.807, 2.05) is 12.1 Å². The molecule has 5 aromatic rings. The fourth-order valence-corrected chi connectivity index (χ4v) is 4.49. The Bertz CT molecular complexity index is 1640. The molecule has 1 atom stereocenters. The Balaban J connectivity index is 1.62. The van der Waals surface area contributed by atoms with Crippen LogP contribution in [0.1, 0.15) is 36.1 Å². The second-order valence-corrected chi connectivity index (χ2v) is 8.29. The van der Waals surface area contributed by atoms with Gasteiger partial charge in [0, 0.05) is 12.8 Å². The van der Waals surface area contributed by atoms with Gasteiger partial charge in [-0.25, -0.2) is 4.98 Å². The molecule has 0 bridgehead atoms. The highest BCUT2D eigenvalue weighted by Crippen LogP contribution is 2.31. The number of rotatable bonds is 4. The number of fused-ring (bicyclic) bond motifs is 3. The summed E-state index contributed by atoms with van der Waals surface area (Å²) in [6, 6.07) is 10.9. The number of ether oxygens (including phenoxy) is 1. The third kappa shape index (κ3) is 3.17. The quantitative estimate of drug-likeness (QED) is 0.388. The minimum Gasteiger partial charge on any atom is -0.368 e. The molecule has 1 fully saturated rings. The predicted molar refractivity (Wildman–Crippen MR) is 121 cm³/mol. The molecule has 0 spiro atoms. The lowest BCUT2D eigenvalue weighted by molar-refractivity contribution is 0.0835. The Hall–Kier alpha value is -4.07. The van der Waals surface area contributed by atoms with Crippen molar-refractivity contribution in [2.75, 3.05) is 6.61 Å². The van der Waals surface area contributed by atoms with Crippen molar-refractivity contribution in [3.05, 3.63) is 75.4 Å². The van der Waals surface area contributed by atoms with Gasteiger partial charge in [0.25, 0.3) is 11.4 Å². The fourth-order valence-electron chi connectivity index (χ4n) is 4.30. The van der Waals surface area contributed by atoms with Crippen molar-refractivity contribution in [2.24, 2.45) is 0 Å². The maximum atomic E-state index is 13.9. The van der Waals surface area contributed by atoms with Gasteiger partial charge in [0.1, 0.15) is 29.7 Å². The Morgan fingerprint density at radius 3 is 2.88 bits per heavy atom. The fraction of sp³-hybridized carbons (Fsp3) is 0.217. The van der Waals surface area contributed by atoms with Crippen molar-refractivity contribution in [3.63, 3.8) is 0 Å². The SMILES string of the molecule is N#Cc1c(Cl)ccc2c1n(Cc1ccccn1)c(=O)c1c(-c3noc(C4CCCO4)n3)ncn12. The minimum atomic E-state index is -0.382. The Morgan fingerprint density at radius 1 is 1.21 bits per heavy atom. The molecule has 1 unspecified atom stereocenters. The average molecular weight is 474 g/mol. The van der Waals surface area contributed by atoms with Crippen LogP contribution in [0.15, 0.2) is 52.2 Å². The normalized spacial score (nSPS) is 15.8. The third-order valence-corrected chi connectivity index (χ3v) is 6.18. The number of aromatic nitrogens is 6. The van der Waals surface area contributed by atoms with E-state index in [1.165, 1.54) is 10.9 Å². The summed E-state index contributed by atoms with van der Waals surface area (Å²) in [7, 11) is 0. The molecule has 10 nitrogen and oxygen atoms in total. The van der Waals surface area contributed by atoms with Gasteiger partial charge >= 0.3 is 0 Å². The molecule has 168 valence electrons. The molecule has 0 radical (unpaired) electrons. The molecule has 4 aromatic heterocycles. The van der Waals surface area contributed by atoms with E-state index >= 15 is 0 Å². The van der Waals surface area contributed by atoms with E-state index in [2.05, 4.69) is 26.2 Å². The molecule has 34 heavy (non-hydrogen) atoms. The first-order valence-electron chi connectivity index (χ1n) is 10.6. The van der Waals surface area contributed by atoms with Crippen LogP contribution in [-0.4, -0.2) is 35.7 Å². The summed E-state index contributed by atoms with van der Waals surface area (Å²) in [5, 5.41) is 14.1. The number of nitrogens with zero attached hydrogens (tertiary/aromatic N) is 7. The largest absolute Gasteiger partial charge is 0.368 e. The van der Waals surface area contributed by atoms with Crippen molar-refractivity contribution >= 4 is 28.2 Å². The number of halogens is 1. The van der Waals surface area contributed by atoms with Crippen molar-refractivity contribution in [2.45, 2.75) is 25.5 Å². The maximum Gasteiger partial charge on any atom is 0.278 e. The zero-order valence-electron chi connectivity index (χ0n) is 17.7. The molecule has 6 rings (SSSR count). The van der Waals surface area contributed by atoms with E-state index in [1.54, 1.807) is 28.8 Å². The number of nitriles is 1. The van der Waals surface area contributed by atoms with E-state index in [0.717, 1.165) is 12.8 Å². The summed E-state index contributed by atoms with van der Waals surface area (Å²) < 4.78 is 14.2. The van der Waals surface area contributed by atoms with Gasteiger partial charge in [0.05, 0.1) is 33.9 Å². The molecular weight excluding hydrogens is 458 g/mol. The molecule has 1 aliphatic heterocycles. The van der Waals surface area contributed by atoms with Crippen LogP contribution in [0.3, 0.4) is 0 Å². The van der Waals surface area contributed by atoms with Crippen molar-refractivity contribution in [3.8, 4) is 17.6 Å². The molecule has 0 amide bonds. The number of hydrogen-bond acceptors (Lipinski definition) is 8. The van der Waals surface area contributed by atoms with Crippen molar-refractivity contribution < 1.29 is 9.26 Å². The average Bonchev–Trinajstić information content (AvgIpc) is 3.62. The summed E-state index contributed by atoms with van der Waals surface area (Å²) >= 11 is 6.33. The van der Waals surface area contributed by atoms with Crippen molar-refractivity contribution in [1.82, 2.24) is 29.1 Å². The van der Waals surface area contributed by atoms with Crippen LogP contribution < -0.4 is 5.56 Å². The molecule has 1 aliphatic rings. The second kappa shape index (κ2) is 8.06. The molecule has 11 heteroatoms. The van der Waals surface area contributed by atoms with Gasteiger partial charge in [-0.3, -0.25) is 18.7 Å². The number of benzene rings is 1. The van der Waals surface area contributed by atoms with E-state index in [4.69, 9.17) is 20.9 Å². The second-order valence-electron chi connectivity index (χ2n) is 7.88. The highest BCUT2D eigenvalue weighted by Gasteiger charge is 2.27. The van der Waals surface area contributed by atoms with Gasteiger partial charge in [-0.15, -0.1) is 0 Å². The van der Waals surface area contributed by atoms with Crippen LogP contribution in [0.4, 0.5) is 0 Å². The third-order valence-electron chi connectivity index (χ3n) is 5.87. The molecule has 5 heterocycles. The zero-order chi connectivity index (χ0) is 23.2. The molecule has 1 saturated heterocycles. The first-order valence-corrected chi connectivity index (χ1v) is 11.0. The standard InChI is InChI=1S/C23H16ClN7O3/c24-15-6-7-16-19(14(15)10-25)30(11-13-4-1-2-8-26-13)23(32)20-18(27-12-31(16)20)21-28-22(34-29-21)17-5-3-9-33-17/h1-2,4,6-8,12,17H,3,5,9,11H2. The van der Waals surface area contributed by atoms with Crippen LogP contribution in [0.5, 0.6) is 0 Å². The highest BCUT2D eigenvalue weighted by atomic mass is 35.5. The smallest absolute Gasteiger partial charge is 0.278 e. The zero-order valence-corrected chi connectivity index (χ0v) is 18.4. The lowest BCUT2D eigenvalue weighted by Gasteiger charge is -2.14. The summed E-state index contributed by atoms with van der Waals surface area (Å²) in [4.78, 5) is 27.1. The van der Waals surface area contributed by atoms with E-state index in [9.17, 15) is 10.1 Å². The summed E-state index contributed by atoms with van der Waals surface area (Å²) in [5.74, 6) is 0.560. The van der Waals surface area contributed by atoms with E-state index < -0.39 is 0 Å². The highest BCUT2D eigenvalue weighted by molar-refractivity contribution is 6.32. The first-order chi connectivity index (χ1) is 16.7. The number of pyridine rings is 1. The van der Waals surface area contributed by atoms with Crippen molar-refractivity contribution in [1.29, 1.82) is 5.26 Å². The Morgan fingerprint density at radius 2 is 2.12 bits per heavy atom. The Labute approximate surface area is 197 Å². The topological polar surface area (TPSA) is 124 Å². The number of imidazole rings is 1. The maximum absolute atomic E-state index is 13.9. The van der Waals surface area contributed by atoms with Gasteiger partial charge in [0.2, 0.25) is 5.82 Å². The van der Waals surface area contributed by atoms with Gasteiger partial charge in [-0.2, -0.15) is 10.2 Å². The van der Waals surface area contributed by atoms with Crippen LogP contribution in [0.2, 0.25) is 5.02 Å². The first kappa shape index (κ1) is 20.5. The summed E-state index contributed by atoms with van der Waals surface area (Å²) in [6.07, 6.45) is 4.62. The van der Waals surface area contributed by atoms with Gasteiger partial charge in [-0.1, -0.05) is 22.8 Å². The van der Waals surface area contributed by atoms with Crippen LogP contribution in [0, 0.1) is 11.3 Å². The van der Waals surface area contributed by atoms with Crippen LogP contribution in [-0.2, 0) is 11.3 Å². The van der Waals surface area contributed by atoms with Gasteiger partial charge < -0.3 is 9.26 Å². The predicted octanol–water partition coefficient (Wildman–Crippen LogP) is 3.52. The molecular formula is C23H16ClN7O3.